The maximum Gasteiger partial charge on any atom is 0.184 e. The van der Waals surface area contributed by atoms with E-state index in [0.717, 1.165) is 50.1 Å². The molecule has 30 heavy (non-hydrogen) atoms. The minimum absolute atomic E-state index is 0.0856. The average molecular weight is 426 g/mol. The van der Waals surface area contributed by atoms with Gasteiger partial charge in [-0.3, -0.25) is 5.43 Å². The standard InChI is InChI=1S/C23H28FN5S/c1-16-9-11-28(15-16)21-13-22(19(24)12-18(21)14-26-27-23(25)30)29-10-5-8-20(29)17-6-3-2-4-7-17/h2-4,6-7,12-14,16,20H,5,8-11,15H2,1H3,(H3,25,27,30)/b26-14+/t16-,20?/m1/s1. The summed E-state index contributed by atoms with van der Waals surface area (Å²) in [5, 5.41) is 4.16. The second kappa shape index (κ2) is 9.00. The Kier molecular flexibility index (Phi) is 6.18. The Bertz CT molecular complexity index is 933. The van der Waals surface area contributed by atoms with Gasteiger partial charge >= 0.3 is 0 Å². The lowest BCUT2D eigenvalue weighted by Crippen LogP contribution is -2.26. The summed E-state index contributed by atoms with van der Waals surface area (Å²) in [6.07, 6.45) is 4.81. The van der Waals surface area contributed by atoms with Gasteiger partial charge in [-0.05, 0) is 55.1 Å². The van der Waals surface area contributed by atoms with Crippen LogP contribution in [0.2, 0.25) is 0 Å². The topological polar surface area (TPSA) is 56.9 Å². The van der Waals surface area contributed by atoms with Crippen LogP contribution >= 0.6 is 12.2 Å². The maximum absolute atomic E-state index is 15.3. The van der Waals surface area contributed by atoms with E-state index in [2.05, 4.69) is 39.4 Å². The van der Waals surface area contributed by atoms with E-state index in [4.69, 9.17) is 18.0 Å². The molecule has 2 fully saturated rings. The molecule has 0 aromatic heterocycles. The normalized spacial score (nSPS) is 21.5. The van der Waals surface area contributed by atoms with Crippen molar-refractivity contribution in [2.24, 2.45) is 16.8 Å². The highest BCUT2D eigenvalue weighted by atomic mass is 32.1. The molecule has 2 aromatic rings. The lowest BCUT2D eigenvalue weighted by Gasteiger charge is -2.30. The number of hydrogen-bond acceptors (Lipinski definition) is 4. The summed E-state index contributed by atoms with van der Waals surface area (Å²) in [6.45, 7) is 5.01. The monoisotopic (exact) mass is 425 g/mol. The zero-order valence-electron chi connectivity index (χ0n) is 17.2. The van der Waals surface area contributed by atoms with Crippen molar-refractivity contribution in [2.45, 2.75) is 32.2 Å². The third kappa shape index (κ3) is 4.41. The van der Waals surface area contributed by atoms with Gasteiger partial charge in [0.25, 0.3) is 0 Å². The molecule has 4 rings (SSSR count). The largest absolute Gasteiger partial charge is 0.375 e. The smallest absolute Gasteiger partial charge is 0.184 e. The SMILES string of the molecule is C[C@@H]1CCN(c2cc(N3CCCC3c3ccccc3)c(F)cc2/C=N/NC(N)=S)C1. The highest BCUT2D eigenvalue weighted by Crippen LogP contribution is 2.40. The van der Waals surface area contributed by atoms with Crippen LogP contribution in [0.3, 0.4) is 0 Å². The van der Waals surface area contributed by atoms with Gasteiger partial charge in [0.15, 0.2) is 5.11 Å². The third-order valence-corrected chi connectivity index (χ3v) is 6.08. The van der Waals surface area contributed by atoms with Crippen LogP contribution in [-0.4, -0.2) is 31.0 Å². The van der Waals surface area contributed by atoms with Crippen molar-refractivity contribution in [3.63, 3.8) is 0 Å². The van der Waals surface area contributed by atoms with Crippen molar-refractivity contribution in [3.8, 4) is 0 Å². The molecule has 2 aliphatic heterocycles. The summed E-state index contributed by atoms with van der Waals surface area (Å²) in [5.74, 6) is 0.382. The quantitative estimate of drug-likeness (QED) is 0.428. The lowest BCUT2D eigenvalue weighted by molar-refractivity contribution is 0.611. The van der Waals surface area contributed by atoms with Crippen LogP contribution in [0.15, 0.2) is 47.6 Å². The first-order chi connectivity index (χ1) is 14.5. The number of nitrogens with two attached hydrogens (primary N) is 1. The number of nitrogens with one attached hydrogen (secondary N) is 1. The number of anilines is 2. The molecule has 3 N–H and O–H groups in total. The molecule has 0 radical (unpaired) electrons. The van der Waals surface area contributed by atoms with Gasteiger partial charge in [-0.25, -0.2) is 4.39 Å². The molecule has 2 aliphatic rings. The minimum Gasteiger partial charge on any atom is -0.375 e. The van der Waals surface area contributed by atoms with Crippen LogP contribution in [0.5, 0.6) is 0 Å². The molecule has 0 saturated carbocycles. The number of thiocarbonyl (C=S) groups is 1. The molecule has 2 aromatic carbocycles. The fourth-order valence-electron chi connectivity index (χ4n) is 4.56. The summed E-state index contributed by atoms with van der Waals surface area (Å²) in [6, 6.07) is 14.2. The van der Waals surface area contributed by atoms with E-state index in [1.807, 2.05) is 24.3 Å². The van der Waals surface area contributed by atoms with Gasteiger partial charge in [-0.1, -0.05) is 37.3 Å². The molecule has 2 atom stereocenters. The predicted octanol–water partition coefficient (Wildman–Crippen LogP) is 4.18. The van der Waals surface area contributed by atoms with Crippen molar-refractivity contribution >= 4 is 34.9 Å². The fraction of sp³-hybridized carbons (Fsp3) is 0.391. The van der Waals surface area contributed by atoms with Crippen LogP contribution < -0.4 is 21.0 Å². The van der Waals surface area contributed by atoms with E-state index in [1.54, 1.807) is 12.3 Å². The average Bonchev–Trinajstić information content (AvgIpc) is 3.38. The minimum atomic E-state index is -0.231. The first-order valence-corrected chi connectivity index (χ1v) is 10.9. The first kappa shape index (κ1) is 20.6. The summed E-state index contributed by atoms with van der Waals surface area (Å²) in [5.41, 5.74) is 11.6. The first-order valence-electron chi connectivity index (χ1n) is 10.5. The van der Waals surface area contributed by atoms with Crippen LogP contribution in [-0.2, 0) is 0 Å². The van der Waals surface area contributed by atoms with Gasteiger partial charge in [0.05, 0.1) is 17.9 Å². The number of halogens is 1. The second-order valence-electron chi connectivity index (χ2n) is 8.20. The summed E-state index contributed by atoms with van der Waals surface area (Å²) < 4.78 is 15.3. The number of nitrogens with zero attached hydrogens (tertiary/aromatic N) is 3. The highest BCUT2D eigenvalue weighted by Gasteiger charge is 2.30. The zero-order chi connectivity index (χ0) is 21.1. The van der Waals surface area contributed by atoms with E-state index < -0.39 is 0 Å². The maximum atomic E-state index is 15.3. The molecule has 0 aliphatic carbocycles. The molecule has 2 saturated heterocycles. The van der Waals surface area contributed by atoms with E-state index in [0.29, 0.717) is 11.6 Å². The van der Waals surface area contributed by atoms with E-state index >= 15 is 4.39 Å². The van der Waals surface area contributed by atoms with Crippen molar-refractivity contribution in [3.05, 3.63) is 59.4 Å². The molecule has 0 bridgehead atoms. The van der Waals surface area contributed by atoms with Crippen molar-refractivity contribution < 1.29 is 4.39 Å². The molecular weight excluding hydrogens is 397 g/mol. The zero-order valence-corrected chi connectivity index (χ0v) is 18.0. The van der Waals surface area contributed by atoms with Gasteiger partial charge in [-0.15, -0.1) is 0 Å². The Morgan fingerprint density at radius 2 is 2.00 bits per heavy atom. The molecule has 7 heteroatoms. The van der Waals surface area contributed by atoms with Crippen LogP contribution in [0.1, 0.15) is 43.4 Å². The third-order valence-electron chi connectivity index (χ3n) is 5.99. The van der Waals surface area contributed by atoms with Crippen molar-refractivity contribution in [1.29, 1.82) is 0 Å². The van der Waals surface area contributed by atoms with E-state index in [-0.39, 0.29) is 17.0 Å². The number of benzene rings is 2. The molecule has 5 nitrogen and oxygen atoms in total. The van der Waals surface area contributed by atoms with Gasteiger partial charge < -0.3 is 15.5 Å². The Hall–Kier alpha value is -2.67. The molecule has 0 amide bonds. The van der Waals surface area contributed by atoms with Crippen LogP contribution in [0, 0.1) is 11.7 Å². The number of hydrazone groups is 1. The van der Waals surface area contributed by atoms with Gasteiger partial charge in [0.1, 0.15) is 5.82 Å². The van der Waals surface area contributed by atoms with Crippen LogP contribution in [0.4, 0.5) is 15.8 Å². The van der Waals surface area contributed by atoms with Crippen LogP contribution in [0.25, 0.3) is 0 Å². The number of rotatable bonds is 5. The Balaban J connectivity index is 1.71. The molecule has 2 heterocycles. The van der Waals surface area contributed by atoms with E-state index in [9.17, 15) is 0 Å². The fourth-order valence-corrected chi connectivity index (χ4v) is 4.61. The van der Waals surface area contributed by atoms with Gasteiger partial charge in [0.2, 0.25) is 0 Å². The summed E-state index contributed by atoms with van der Waals surface area (Å²) >= 11 is 4.81. The molecule has 1 unspecified atom stereocenters. The van der Waals surface area contributed by atoms with Gasteiger partial charge in [-0.2, -0.15) is 5.10 Å². The number of hydrogen-bond donors (Lipinski definition) is 2. The molecular formula is C23H28FN5S. The van der Waals surface area contributed by atoms with Gasteiger partial charge in [0, 0.05) is 30.9 Å². The highest BCUT2D eigenvalue weighted by molar-refractivity contribution is 7.80. The van der Waals surface area contributed by atoms with E-state index in [1.165, 1.54) is 5.56 Å². The predicted molar refractivity (Wildman–Crippen MR) is 126 cm³/mol. The Morgan fingerprint density at radius 3 is 2.70 bits per heavy atom. The summed E-state index contributed by atoms with van der Waals surface area (Å²) in [7, 11) is 0. The van der Waals surface area contributed by atoms with Crippen molar-refractivity contribution in [2.75, 3.05) is 29.4 Å². The second-order valence-corrected chi connectivity index (χ2v) is 8.64. The lowest BCUT2D eigenvalue weighted by atomic mass is 10.0. The van der Waals surface area contributed by atoms with Crippen molar-refractivity contribution in [1.82, 2.24) is 5.43 Å². The Morgan fingerprint density at radius 1 is 1.20 bits per heavy atom. The molecule has 0 spiro atoms. The Labute approximate surface area is 182 Å². The molecule has 158 valence electrons. The summed E-state index contributed by atoms with van der Waals surface area (Å²) in [4.78, 5) is 4.53.